The maximum Gasteiger partial charge on any atom is 0.154 e. The van der Waals surface area contributed by atoms with Gasteiger partial charge in [0.05, 0.1) is 0 Å². The van der Waals surface area contributed by atoms with Crippen LogP contribution in [0.5, 0.6) is 0 Å². The molecule has 0 atom stereocenters. The van der Waals surface area contributed by atoms with Crippen molar-refractivity contribution >= 4 is 16.8 Å². The number of nitrogens with one attached hydrogen (secondary N) is 1. The normalized spacial score (nSPS) is 10.9. The molecular formula is C16H17N3O. The Morgan fingerprint density at radius 2 is 2.00 bits per heavy atom. The summed E-state index contributed by atoms with van der Waals surface area (Å²) in [6.45, 7) is 4.12. The standard InChI is InChI=1S/C16H17N3O/c1-4-15-18-12(9-16(17-3)19-15)14-8-11-7-10(2)5-6-13(11)20-14/h5-9H,4H2,1-3H3,(H,17,18,19). The number of furan rings is 1. The molecule has 0 radical (unpaired) electrons. The Labute approximate surface area is 117 Å². The molecule has 0 saturated carbocycles. The minimum atomic E-state index is 0.777. The lowest BCUT2D eigenvalue weighted by molar-refractivity contribution is 0.627. The molecule has 3 aromatic rings. The fourth-order valence-corrected chi connectivity index (χ4v) is 2.20. The van der Waals surface area contributed by atoms with Gasteiger partial charge in [-0.25, -0.2) is 9.97 Å². The quantitative estimate of drug-likeness (QED) is 0.784. The van der Waals surface area contributed by atoms with Gasteiger partial charge in [0, 0.05) is 24.9 Å². The van der Waals surface area contributed by atoms with E-state index in [0.717, 1.165) is 40.5 Å². The molecule has 1 N–H and O–H groups in total. The number of benzene rings is 1. The molecule has 102 valence electrons. The summed E-state index contributed by atoms with van der Waals surface area (Å²) in [6.07, 6.45) is 0.794. The van der Waals surface area contributed by atoms with Gasteiger partial charge in [-0.2, -0.15) is 0 Å². The van der Waals surface area contributed by atoms with Gasteiger partial charge in [0.25, 0.3) is 0 Å². The van der Waals surface area contributed by atoms with Crippen molar-refractivity contribution in [2.24, 2.45) is 0 Å². The second-order valence-corrected chi connectivity index (χ2v) is 4.81. The smallest absolute Gasteiger partial charge is 0.154 e. The van der Waals surface area contributed by atoms with Crippen LogP contribution in [0.25, 0.3) is 22.4 Å². The second-order valence-electron chi connectivity index (χ2n) is 4.81. The largest absolute Gasteiger partial charge is 0.454 e. The lowest BCUT2D eigenvalue weighted by atomic mass is 10.2. The molecular weight excluding hydrogens is 250 g/mol. The third-order valence-corrected chi connectivity index (χ3v) is 3.27. The molecule has 0 fully saturated rings. The third kappa shape index (κ3) is 2.25. The highest BCUT2D eigenvalue weighted by atomic mass is 16.3. The topological polar surface area (TPSA) is 51.0 Å². The summed E-state index contributed by atoms with van der Waals surface area (Å²) in [7, 11) is 1.85. The second kappa shape index (κ2) is 4.96. The first kappa shape index (κ1) is 12.7. The molecule has 2 heterocycles. The van der Waals surface area contributed by atoms with E-state index in [1.165, 1.54) is 5.56 Å². The predicted octanol–water partition coefficient (Wildman–Crippen LogP) is 3.80. The summed E-state index contributed by atoms with van der Waals surface area (Å²) in [5.74, 6) is 2.39. The van der Waals surface area contributed by atoms with Crippen molar-refractivity contribution in [3.63, 3.8) is 0 Å². The zero-order chi connectivity index (χ0) is 14.1. The molecule has 20 heavy (non-hydrogen) atoms. The molecule has 4 heteroatoms. The van der Waals surface area contributed by atoms with Crippen LogP contribution in [0.15, 0.2) is 34.7 Å². The lowest BCUT2D eigenvalue weighted by Gasteiger charge is -2.04. The van der Waals surface area contributed by atoms with Crippen LogP contribution >= 0.6 is 0 Å². The number of aryl methyl sites for hydroxylation is 2. The molecule has 0 unspecified atom stereocenters. The number of aromatic nitrogens is 2. The minimum Gasteiger partial charge on any atom is -0.454 e. The summed E-state index contributed by atoms with van der Waals surface area (Å²) in [5.41, 5.74) is 2.92. The number of rotatable bonds is 3. The summed E-state index contributed by atoms with van der Waals surface area (Å²) >= 11 is 0. The molecule has 3 rings (SSSR count). The van der Waals surface area contributed by atoms with Gasteiger partial charge in [-0.15, -0.1) is 0 Å². The van der Waals surface area contributed by atoms with E-state index in [1.807, 2.05) is 38.2 Å². The Bertz CT molecular complexity index is 739. The predicted molar refractivity (Wildman–Crippen MR) is 80.9 cm³/mol. The molecule has 0 amide bonds. The van der Waals surface area contributed by atoms with Crippen molar-refractivity contribution in [1.29, 1.82) is 0 Å². The Morgan fingerprint density at radius 1 is 1.15 bits per heavy atom. The van der Waals surface area contributed by atoms with E-state index >= 15 is 0 Å². The van der Waals surface area contributed by atoms with Gasteiger partial charge in [-0.3, -0.25) is 0 Å². The summed E-state index contributed by atoms with van der Waals surface area (Å²) in [4.78, 5) is 8.94. The van der Waals surface area contributed by atoms with Crippen molar-refractivity contribution in [2.45, 2.75) is 20.3 Å². The Hall–Kier alpha value is -2.36. The third-order valence-electron chi connectivity index (χ3n) is 3.27. The van der Waals surface area contributed by atoms with Crippen LogP contribution in [0.1, 0.15) is 18.3 Å². The van der Waals surface area contributed by atoms with Crippen LogP contribution in [-0.4, -0.2) is 17.0 Å². The monoisotopic (exact) mass is 267 g/mol. The van der Waals surface area contributed by atoms with E-state index in [4.69, 9.17) is 4.42 Å². The van der Waals surface area contributed by atoms with Crippen LogP contribution < -0.4 is 5.32 Å². The molecule has 0 spiro atoms. The minimum absolute atomic E-state index is 0.777. The first-order chi connectivity index (χ1) is 9.69. The highest BCUT2D eigenvalue weighted by Gasteiger charge is 2.10. The highest BCUT2D eigenvalue weighted by molar-refractivity contribution is 5.83. The van der Waals surface area contributed by atoms with Gasteiger partial charge in [0.2, 0.25) is 0 Å². The number of fused-ring (bicyclic) bond motifs is 1. The molecule has 0 aliphatic heterocycles. The van der Waals surface area contributed by atoms with Crippen LogP contribution in [0, 0.1) is 6.92 Å². The van der Waals surface area contributed by atoms with Gasteiger partial charge in [-0.1, -0.05) is 18.6 Å². The van der Waals surface area contributed by atoms with E-state index in [9.17, 15) is 0 Å². The van der Waals surface area contributed by atoms with Crippen LogP contribution in [0.4, 0.5) is 5.82 Å². The van der Waals surface area contributed by atoms with Gasteiger partial charge < -0.3 is 9.73 Å². The van der Waals surface area contributed by atoms with E-state index in [-0.39, 0.29) is 0 Å². The number of hydrogen-bond acceptors (Lipinski definition) is 4. The fraction of sp³-hybridized carbons (Fsp3) is 0.250. The van der Waals surface area contributed by atoms with Crippen molar-refractivity contribution < 1.29 is 4.42 Å². The summed E-state index contributed by atoms with van der Waals surface area (Å²) in [5, 5.41) is 4.16. The Kier molecular flexibility index (Phi) is 3.14. The van der Waals surface area contributed by atoms with Crippen molar-refractivity contribution in [3.8, 4) is 11.5 Å². The van der Waals surface area contributed by atoms with Crippen LogP contribution in [-0.2, 0) is 6.42 Å². The molecule has 0 bridgehead atoms. The lowest BCUT2D eigenvalue weighted by Crippen LogP contribution is -2.00. The zero-order valence-corrected chi connectivity index (χ0v) is 11.9. The first-order valence-corrected chi connectivity index (χ1v) is 6.76. The zero-order valence-electron chi connectivity index (χ0n) is 11.9. The number of nitrogens with zero attached hydrogens (tertiary/aromatic N) is 2. The first-order valence-electron chi connectivity index (χ1n) is 6.76. The Morgan fingerprint density at radius 3 is 2.75 bits per heavy atom. The highest BCUT2D eigenvalue weighted by Crippen LogP contribution is 2.28. The van der Waals surface area contributed by atoms with E-state index in [2.05, 4.69) is 28.3 Å². The molecule has 1 aromatic carbocycles. The van der Waals surface area contributed by atoms with Crippen molar-refractivity contribution in [1.82, 2.24) is 9.97 Å². The maximum absolute atomic E-state index is 5.89. The van der Waals surface area contributed by atoms with E-state index in [1.54, 1.807) is 0 Å². The van der Waals surface area contributed by atoms with Crippen LogP contribution in [0.2, 0.25) is 0 Å². The van der Waals surface area contributed by atoms with Gasteiger partial charge >= 0.3 is 0 Å². The van der Waals surface area contributed by atoms with Crippen LogP contribution in [0.3, 0.4) is 0 Å². The average molecular weight is 267 g/mol. The van der Waals surface area contributed by atoms with Crippen molar-refractivity contribution in [3.05, 3.63) is 41.7 Å². The number of hydrogen-bond donors (Lipinski definition) is 1. The fourth-order valence-electron chi connectivity index (χ4n) is 2.20. The Balaban J connectivity index is 2.14. The van der Waals surface area contributed by atoms with Crippen molar-refractivity contribution in [2.75, 3.05) is 12.4 Å². The molecule has 4 nitrogen and oxygen atoms in total. The van der Waals surface area contributed by atoms with E-state index in [0.29, 0.717) is 0 Å². The molecule has 0 aliphatic rings. The molecule has 0 saturated heterocycles. The van der Waals surface area contributed by atoms with E-state index < -0.39 is 0 Å². The van der Waals surface area contributed by atoms with Gasteiger partial charge in [0.1, 0.15) is 22.9 Å². The summed E-state index contributed by atoms with van der Waals surface area (Å²) < 4.78 is 5.89. The molecule has 2 aromatic heterocycles. The average Bonchev–Trinajstić information content (AvgIpc) is 2.89. The van der Waals surface area contributed by atoms with Gasteiger partial charge in [-0.05, 0) is 25.1 Å². The molecule has 0 aliphatic carbocycles. The maximum atomic E-state index is 5.89. The van der Waals surface area contributed by atoms with Gasteiger partial charge in [0.15, 0.2) is 5.76 Å². The SMILES string of the molecule is CCc1nc(NC)cc(-c2cc3cc(C)ccc3o2)n1. The summed E-state index contributed by atoms with van der Waals surface area (Å²) in [6, 6.07) is 10.1. The number of anilines is 1.